The second-order valence-electron chi connectivity index (χ2n) is 11.8. The number of benzene rings is 3. The number of amides is 1. The second-order valence-corrected chi connectivity index (χ2v) is 11.8. The van der Waals surface area contributed by atoms with Gasteiger partial charge in [-0.25, -0.2) is 4.79 Å². The Morgan fingerprint density at radius 2 is 1.67 bits per heavy atom. The first-order valence-electron chi connectivity index (χ1n) is 14.9. The molecule has 0 saturated carbocycles. The molecule has 4 aromatic rings. The molecule has 0 spiro atoms. The van der Waals surface area contributed by atoms with Gasteiger partial charge in [0.15, 0.2) is 0 Å². The first-order valence-corrected chi connectivity index (χ1v) is 14.9. The minimum Gasteiger partial charge on any atom is -0.475 e. The highest BCUT2D eigenvalue weighted by Gasteiger charge is 2.38. The maximum absolute atomic E-state index is 12.6. The molecule has 240 valence electrons. The van der Waals surface area contributed by atoms with Crippen LogP contribution in [-0.4, -0.2) is 68.6 Å². The average molecular weight is 633 g/mol. The first kappa shape index (κ1) is 32.6. The molecule has 0 bridgehead atoms. The van der Waals surface area contributed by atoms with Crippen molar-refractivity contribution in [2.45, 2.75) is 44.0 Å². The second kappa shape index (κ2) is 13.7. The number of likely N-dealkylation sites (tertiary alicyclic amines) is 1. The normalized spacial score (nSPS) is 19.3. The van der Waals surface area contributed by atoms with E-state index in [1.807, 2.05) is 43.3 Å². The largest absolute Gasteiger partial charge is 0.490 e. The third-order valence-electron chi connectivity index (χ3n) is 8.24. The standard InChI is InChI=1S/C33H34N4O2.C2HF3O2/c1-33(39)15-17-37(18-16-33)22-24-9-7-23(8-10-24)12-14-30-27-13-11-25(20-31(27)36-35-30)19-28-29(21-34-32(28)38)26-5-3-2-4-6-26;3-2(4,5)1(6)7/h2-14,19-20,29,39H,15-18,21-22H2,1H3,(H,34,38)(H,35,36);(H,6,7)/b14-12+,28-19+;. The number of hydrogen-bond acceptors (Lipinski definition) is 5. The fourth-order valence-electron chi connectivity index (χ4n) is 5.53. The zero-order valence-corrected chi connectivity index (χ0v) is 25.2. The van der Waals surface area contributed by atoms with E-state index in [0.29, 0.717) is 6.54 Å². The smallest absolute Gasteiger partial charge is 0.475 e. The van der Waals surface area contributed by atoms with E-state index in [9.17, 15) is 23.1 Å². The summed E-state index contributed by atoms with van der Waals surface area (Å²) < 4.78 is 31.7. The van der Waals surface area contributed by atoms with Crippen LogP contribution in [0.15, 0.2) is 78.4 Å². The van der Waals surface area contributed by atoms with Crippen molar-refractivity contribution in [3.63, 3.8) is 0 Å². The number of nitrogens with one attached hydrogen (secondary N) is 2. The molecule has 1 atom stereocenters. The van der Waals surface area contributed by atoms with E-state index in [2.05, 4.69) is 75.0 Å². The van der Waals surface area contributed by atoms with Crippen molar-refractivity contribution in [2.75, 3.05) is 19.6 Å². The molecule has 4 N–H and O–H groups in total. The van der Waals surface area contributed by atoms with Gasteiger partial charge in [0.25, 0.3) is 0 Å². The number of nitrogens with zero attached hydrogens (tertiary/aromatic N) is 2. The van der Waals surface area contributed by atoms with Crippen LogP contribution in [0.5, 0.6) is 0 Å². The summed E-state index contributed by atoms with van der Waals surface area (Å²) in [5.74, 6) is -2.71. The maximum Gasteiger partial charge on any atom is 0.490 e. The molecule has 0 radical (unpaired) electrons. The van der Waals surface area contributed by atoms with Gasteiger partial charge in [0.05, 0.1) is 16.8 Å². The number of carbonyl (C=O) groups excluding carboxylic acids is 1. The van der Waals surface area contributed by atoms with Crippen LogP contribution in [0.4, 0.5) is 13.2 Å². The Kier molecular flexibility index (Phi) is 9.74. The Hall–Kier alpha value is -4.74. The van der Waals surface area contributed by atoms with Gasteiger partial charge in [0, 0.05) is 43.1 Å². The summed E-state index contributed by atoms with van der Waals surface area (Å²) in [6.45, 7) is 5.33. The average Bonchev–Trinajstić information content (AvgIpc) is 3.60. The number of H-pyrrole nitrogens is 1. The highest BCUT2D eigenvalue weighted by atomic mass is 19.4. The predicted molar refractivity (Wildman–Crippen MR) is 170 cm³/mol. The van der Waals surface area contributed by atoms with E-state index in [-0.39, 0.29) is 11.8 Å². The lowest BCUT2D eigenvalue weighted by Gasteiger charge is -2.35. The topological polar surface area (TPSA) is 119 Å². The fourth-order valence-corrected chi connectivity index (χ4v) is 5.53. The third kappa shape index (κ3) is 8.29. The lowest BCUT2D eigenvalue weighted by atomic mass is 9.92. The number of aliphatic hydroxyl groups is 1. The Bertz CT molecular complexity index is 1740. The Labute approximate surface area is 264 Å². The number of aromatic nitrogens is 2. The molecule has 46 heavy (non-hydrogen) atoms. The van der Waals surface area contributed by atoms with Gasteiger partial charge in [0.2, 0.25) is 5.91 Å². The molecule has 2 fully saturated rings. The predicted octanol–water partition coefficient (Wildman–Crippen LogP) is 6.01. The number of rotatable bonds is 6. The van der Waals surface area contributed by atoms with E-state index >= 15 is 0 Å². The van der Waals surface area contributed by atoms with Gasteiger partial charge < -0.3 is 15.5 Å². The zero-order valence-electron chi connectivity index (χ0n) is 25.2. The van der Waals surface area contributed by atoms with Crippen LogP contribution < -0.4 is 5.32 Å². The number of fused-ring (bicyclic) bond motifs is 1. The Balaban J connectivity index is 0.000000537. The summed E-state index contributed by atoms with van der Waals surface area (Å²) >= 11 is 0. The summed E-state index contributed by atoms with van der Waals surface area (Å²) in [7, 11) is 0. The first-order chi connectivity index (χ1) is 21.9. The van der Waals surface area contributed by atoms with Gasteiger partial charge in [-0.1, -0.05) is 66.7 Å². The van der Waals surface area contributed by atoms with Crippen LogP contribution in [-0.2, 0) is 16.1 Å². The number of aromatic amines is 1. The van der Waals surface area contributed by atoms with Crippen LogP contribution in [0.1, 0.15) is 53.6 Å². The highest BCUT2D eigenvalue weighted by Crippen LogP contribution is 2.31. The van der Waals surface area contributed by atoms with Gasteiger partial charge in [0.1, 0.15) is 0 Å². The van der Waals surface area contributed by atoms with E-state index in [1.165, 1.54) is 5.56 Å². The van der Waals surface area contributed by atoms with Crippen LogP contribution in [0, 0.1) is 0 Å². The SMILES string of the molecule is CC1(O)CCN(Cc2ccc(/C=C/c3n[nH]c4cc(/C=C5/C(=O)NCC5c5ccccc5)ccc34)cc2)CC1.O=C(O)C(F)(F)F. The Morgan fingerprint density at radius 1 is 1.02 bits per heavy atom. The summed E-state index contributed by atoms with van der Waals surface area (Å²) in [6, 6.07) is 25.0. The number of carboxylic acids is 1. The number of hydrogen-bond donors (Lipinski definition) is 4. The summed E-state index contributed by atoms with van der Waals surface area (Å²) in [4.78, 5) is 23.9. The number of carboxylic acid groups (broad SMARTS) is 1. The summed E-state index contributed by atoms with van der Waals surface area (Å²) in [6.07, 6.45) is 2.68. The highest BCUT2D eigenvalue weighted by molar-refractivity contribution is 6.02. The lowest BCUT2D eigenvalue weighted by Crippen LogP contribution is -2.41. The number of piperidine rings is 1. The molecule has 2 aliphatic rings. The van der Waals surface area contributed by atoms with Crippen molar-refractivity contribution in [1.82, 2.24) is 20.4 Å². The van der Waals surface area contributed by atoms with Crippen molar-refractivity contribution >= 4 is 41.0 Å². The van der Waals surface area contributed by atoms with Gasteiger partial charge in [-0.05, 0) is 66.3 Å². The molecule has 8 nitrogen and oxygen atoms in total. The molecular formula is C35H35F3N4O4. The van der Waals surface area contributed by atoms with Crippen LogP contribution in [0.25, 0.3) is 29.1 Å². The van der Waals surface area contributed by atoms with Crippen molar-refractivity contribution in [3.05, 3.63) is 106 Å². The van der Waals surface area contributed by atoms with Crippen molar-refractivity contribution < 1.29 is 33.0 Å². The van der Waals surface area contributed by atoms with Crippen molar-refractivity contribution in [2.24, 2.45) is 0 Å². The molecule has 1 aromatic heterocycles. The van der Waals surface area contributed by atoms with E-state index in [1.54, 1.807) is 0 Å². The monoisotopic (exact) mass is 632 g/mol. The van der Waals surface area contributed by atoms with E-state index < -0.39 is 17.7 Å². The molecule has 3 aromatic carbocycles. The molecule has 0 aliphatic carbocycles. The van der Waals surface area contributed by atoms with Crippen LogP contribution in [0.2, 0.25) is 0 Å². The van der Waals surface area contributed by atoms with Crippen molar-refractivity contribution in [1.29, 1.82) is 0 Å². The van der Waals surface area contributed by atoms with Crippen LogP contribution >= 0.6 is 0 Å². The summed E-state index contributed by atoms with van der Waals surface area (Å²) in [5.41, 5.74) is 6.62. The molecule has 1 unspecified atom stereocenters. The van der Waals surface area contributed by atoms with Gasteiger partial charge >= 0.3 is 12.1 Å². The summed E-state index contributed by atoms with van der Waals surface area (Å²) in [5, 5.41) is 29.0. The molecule has 3 heterocycles. The minimum absolute atomic E-state index is 0.00715. The fraction of sp³-hybridized carbons (Fsp3) is 0.286. The van der Waals surface area contributed by atoms with Crippen LogP contribution in [0.3, 0.4) is 0 Å². The molecule has 1 amide bonds. The third-order valence-corrected chi connectivity index (χ3v) is 8.24. The van der Waals surface area contributed by atoms with Gasteiger partial charge in [-0.3, -0.25) is 14.8 Å². The number of halogens is 3. The number of carbonyl (C=O) groups is 2. The van der Waals surface area contributed by atoms with Gasteiger partial charge in [-0.2, -0.15) is 18.3 Å². The molecule has 2 aliphatic heterocycles. The quantitative estimate of drug-likeness (QED) is 0.194. The molecule has 2 saturated heterocycles. The number of alkyl halides is 3. The lowest BCUT2D eigenvalue weighted by molar-refractivity contribution is -0.192. The molecular weight excluding hydrogens is 597 g/mol. The molecule has 11 heteroatoms. The Morgan fingerprint density at radius 3 is 2.33 bits per heavy atom. The van der Waals surface area contributed by atoms with Crippen molar-refractivity contribution in [3.8, 4) is 0 Å². The minimum atomic E-state index is -5.08. The maximum atomic E-state index is 12.6. The van der Waals surface area contributed by atoms with Gasteiger partial charge in [-0.15, -0.1) is 0 Å². The van der Waals surface area contributed by atoms with E-state index in [0.717, 1.165) is 71.3 Å². The van der Waals surface area contributed by atoms with E-state index in [4.69, 9.17) is 9.90 Å². The zero-order chi connectivity index (χ0) is 32.9. The molecule has 6 rings (SSSR count). The number of aliphatic carboxylic acids is 1.